The highest BCUT2D eigenvalue weighted by atomic mass is 32.2. The first-order valence-electron chi connectivity index (χ1n) is 14.3. The van der Waals surface area contributed by atoms with Crippen LogP contribution in [0, 0.1) is 6.92 Å². The summed E-state index contributed by atoms with van der Waals surface area (Å²) in [4.78, 5) is 27.4. The van der Waals surface area contributed by atoms with E-state index in [4.69, 9.17) is 4.74 Å². The summed E-state index contributed by atoms with van der Waals surface area (Å²) in [6.07, 6.45) is 4.00. The number of rotatable bonds is 14. The Morgan fingerprint density at radius 1 is 1.05 bits per heavy atom. The molecule has 230 valence electrons. The minimum atomic E-state index is -3.24. The van der Waals surface area contributed by atoms with Gasteiger partial charge in [0.1, 0.15) is 6.04 Å². The maximum Gasteiger partial charge on any atom is 0.326 e. The largest absolute Gasteiger partial charge is 0.480 e. The number of nitrogens with one attached hydrogen (secondary N) is 1. The van der Waals surface area contributed by atoms with E-state index in [1.54, 1.807) is 6.07 Å². The van der Waals surface area contributed by atoms with Gasteiger partial charge in [-0.25, -0.2) is 13.2 Å². The molecule has 0 unspecified atom stereocenters. The Bertz CT molecular complexity index is 1510. The number of sulfone groups is 1. The monoisotopic (exact) mass is 624 g/mol. The molecule has 3 aromatic carbocycles. The fourth-order valence-corrected chi connectivity index (χ4v) is 6.96. The Balaban J connectivity index is 1.60. The highest BCUT2D eigenvalue weighted by molar-refractivity contribution is 7.98. The molecule has 0 aliphatic carbocycles. The maximum absolute atomic E-state index is 13.4. The number of ether oxygens (including phenoxy) is 1. The van der Waals surface area contributed by atoms with Crippen molar-refractivity contribution >= 4 is 33.5 Å². The van der Waals surface area contributed by atoms with Crippen molar-refractivity contribution in [2.24, 2.45) is 0 Å². The van der Waals surface area contributed by atoms with E-state index in [2.05, 4.69) is 10.2 Å². The number of carbonyl (C=O) groups is 2. The number of thioether (sulfide) groups is 1. The lowest BCUT2D eigenvalue weighted by atomic mass is 9.93. The zero-order valence-electron chi connectivity index (χ0n) is 24.9. The third-order valence-corrected chi connectivity index (χ3v) is 10.1. The predicted molar refractivity (Wildman–Crippen MR) is 172 cm³/mol. The fourth-order valence-electron chi connectivity index (χ4n) is 5.45. The van der Waals surface area contributed by atoms with E-state index >= 15 is 0 Å². The van der Waals surface area contributed by atoms with Crippen molar-refractivity contribution in [1.29, 1.82) is 0 Å². The fraction of sp³-hybridized carbons (Fsp3) is 0.394. The third kappa shape index (κ3) is 8.92. The van der Waals surface area contributed by atoms with Crippen LogP contribution in [0.15, 0.2) is 72.8 Å². The molecule has 2 N–H and O–H groups in total. The van der Waals surface area contributed by atoms with Gasteiger partial charge in [0.15, 0.2) is 9.84 Å². The molecular weight excluding hydrogens is 585 g/mol. The molecule has 43 heavy (non-hydrogen) atoms. The van der Waals surface area contributed by atoms with Gasteiger partial charge in [0.2, 0.25) is 0 Å². The SMILES string of the molecule is CSCC[C@H](NC(=O)c1ccc(CN2C[C@H](S(C)(=O)=O)C[C@@H]2COCc2ccccc2)cc1-c1ccccc1C)C(=O)O. The van der Waals surface area contributed by atoms with Crippen molar-refractivity contribution in [2.45, 2.75) is 50.3 Å². The van der Waals surface area contributed by atoms with Crippen molar-refractivity contribution in [1.82, 2.24) is 10.2 Å². The number of carboxylic acid groups (broad SMARTS) is 1. The molecule has 1 saturated heterocycles. The van der Waals surface area contributed by atoms with Crippen LogP contribution in [-0.2, 0) is 32.5 Å². The van der Waals surface area contributed by atoms with Crippen LogP contribution < -0.4 is 5.32 Å². The van der Waals surface area contributed by atoms with Gasteiger partial charge in [-0.15, -0.1) is 0 Å². The minimum absolute atomic E-state index is 0.0823. The average Bonchev–Trinajstić information content (AvgIpc) is 3.39. The molecule has 4 rings (SSSR count). The number of benzene rings is 3. The lowest BCUT2D eigenvalue weighted by molar-refractivity contribution is -0.139. The second-order valence-electron chi connectivity index (χ2n) is 11.1. The van der Waals surface area contributed by atoms with Gasteiger partial charge >= 0.3 is 5.97 Å². The molecule has 1 fully saturated rings. The second-order valence-corrected chi connectivity index (χ2v) is 14.4. The standard InChI is InChI=1S/C33H40N2O6S2/c1-23-9-7-8-12-28(23)30-17-25(13-14-29(30)32(36)34-31(33(37)38)15-16-42-2)19-35-20-27(43(3,39)40)18-26(35)22-41-21-24-10-5-4-6-11-24/h4-14,17,26-27,31H,15-16,18-22H2,1-3H3,(H,34,36)(H,37,38)/t26-,27-,31+/m1/s1. The van der Waals surface area contributed by atoms with E-state index in [1.165, 1.54) is 18.0 Å². The number of carboxylic acids is 1. The van der Waals surface area contributed by atoms with Gasteiger partial charge in [-0.3, -0.25) is 9.69 Å². The quantitative estimate of drug-likeness (QED) is 0.263. The molecule has 0 aromatic heterocycles. The molecule has 0 bridgehead atoms. The maximum atomic E-state index is 13.4. The Labute approximate surface area is 258 Å². The minimum Gasteiger partial charge on any atom is -0.480 e. The number of hydrogen-bond donors (Lipinski definition) is 2. The number of amides is 1. The summed E-state index contributed by atoms with van der Waals surface area (Å²) in [5.74, 6) is -0.892. The van der Waals surface area contributed by atoms with Crippen molar-refractivity contribution in [3.63, 3.8) is 0 Å². The third-order valence-electron chi connectivity index (χ3n) is 7.88. The normalized spacial score (nSPS) is 17.9. The first kappa shape index (κ1) is 32.7. The molecule has 1 heterocycles. The number of nitrogens with zero attached hydrogens (tertiary/aromatic N) is 1. The average molecular weight is 625 g/mol. The van der Waals surface area contributed by atoms with Crippen molar-refractivity contribution < 1.29 is 27.9 Å². The molecule has 8 nitrogen and oxygen atoms in total. The van der Waals surface area contributed by atoms with Gasteiger partial charge in [-0.2, -0.15) is 11.8 Å². The molecule has 1 aliphatic rings. The Kier molecular flexibility index (Phi) is 11.4. The number of likely N-dealkylation sites (tertiary alicyclic amines) is 1. The van der Waals surface area contributed by atoms with Crippen LogP contribution in [0.5, 0.6) is 0 Å². The molecule has 10 heteroatoms. The number of aryl methyl sites for hydroxylation is 1. The number of aliphatic carboxylic acids is 1. The molecule has 0 radical (unpaired) electrons. The first-order valence-corrected chi connectivity index (χ1v) is 17.7. The van der Waals surface area contributed by atoms with E-state index in [0.717, 1.165) is 22.3 Å². The van der Waals surface area contributed by atoms with Crippen LogP contribution in [0.2, 0.25) is 0 Å². The Morgan fingerprint density at radius 3 is 2.44 bits per heavy atom. The molecule has 1 amide bonds. The van der Waals surface area contributed by atoms with Gasteiger partial charge in [0.05, 0.1) is 18.5 Å². The summed E-state index contributed by atoms with van der Waals surface area (Å²) in [5.41, 5.74) is 4.95. The van der Waals surface area contributed by atoms with Crippen LogP contribution >= 0.6 is 11.8 Å². The number of hydrogen-bond acceptors (Lipinski definition) is 7. The van der Waals surface area contributed by atoms with Crippen molar-refractivity contribution in [3.8, 4) is 11.1 Å². The second kappa shape index (κ2) is 15.0. The van der Waals surface area contributed by atoms with Crippen LogP contribution in [-0.4, -0.2) is 79.1 Å². The van der Waals surface area contributed by atoms with Crippen LogP contribution in [0.25, 0.3) is 11.1 Å². The summed E-state index contributed by atoms with van der Waals surface area (Å²) in [7, 11) is -3.24. The Hall–Kier alpha value is -3.18. The van der Waals surface area contributed by atoms with E-state index in [0.29, 0.717) is 56.0 Å². The predicted octanol–water partition coefficient (Wildman–Crippen LogP) is 4.80. The molecule has 1 aliphatic heterocycles. The summed E-state index contributed by atoms with van der Waals surface area (Å²) in [6.45, 7) is 3.70. The van der Waals surface area contributed by atoms with Gasteiger partial charge < -0.3 is 15.2 Å². The zero-order chi connectivity index (χ0) is 31.0. The molecule has 3 atom stereocenters. The smallest absolute Gasteiger partial charge is 0.326 e. The zero-order valence-corrected chi connectivity index (χ0v) is 26.5. The molecule has 0 spiro atoms. The summed E-state index contributed by atoms with van der Waals surface area (Å²) < 4.78 is 31.1. The van der Waals surface area contributed by atoms with Crippen molar-refractivity contribution in [2.75, 3.05) is 31.4 Å². The lowest BCUT2D eigenvalue weighted by Gasteiger charge is -2.25. The van der Waals surface area contributed by atoms with E-state index in [1.807, 2.05) is 79.9 Å². The molecular formula is C33H40N2O6S2. The van der Waals surface area contributed by atoms with E-state index in [9.17, 15) is 23.1 Å². The van der Waals surface area contributed by atoms with Gasteiger partial charge in [0.25, 0.3) is 5.91 Å². The summed E-state index contributed by atoms with van der Waals surface area (Å²) in [5, 5.41) is 11.9. The topological polar surface area (TPSA) is 113 Å². The van der Waals surface area contributed by atoms with Crippen LogP contribution in [0.3, 0.4) is 0 Å². The lowest BCUT2D eigenvalue weighted by Crippen LogP contribution is -2.41. The Morgan fingerprint density at radius 2 is 1.77 bits per heavy atom. The summed E-state index contributed by atoms with van der Waals surface area (Å²) >= 11 is 1.53. The van der Waals surface area contributed by atoms with Crippen LogP contribution in [0.1, 0.15) is 39.9 Å². The van der Waals surface area contributed by atoms with Crippen LogP contribution in [0.4, 0.5) is 0 Å². The molecule has 0 saturated carbocycles. The van der Waals surface area contributed by atoms with Gasteiger partial charge in [-0.1, -0.05) is 60.7 Å². The number of carbonyl (C=O) groups excluding carboxylic acids is 1. The molecule has 3 aromatic rings. The van der Waals surface area contributed by atoms with E-state index in [-0.39, 0.29) is 6.04 Å². The van der Waals surface area contributed by atoms with Gasteiger partial charge in [0, 0.05) is 31.0 Å². The first-order chi connectivity index (χ1) is 20.6. The summed E-state index contributed by atoms with van der Waals surface area (Å²) in [6, 6.07) is 22.1. The van der Waals surface area contributed by atoms with E-state index < -0.39 is 33.0 Å². The van der Waals surface area contributed by atoms with Crippen molar-refractivity contribution in [3.05, 3.63) is 95.1 Å². The van der Waals surface area contributed by atoms with Gasteiger partial charge in [-0.05, 0) is 71.7 Å². The highest BCUT2D eigenvalue weighted by Crippen LogP contribution is 2.31. The highest BCUT2D eigenvalue weighted by Gasteiger charge is 2.37.